The molecule has 0 atom stereocenters. The average molecular weight is 238 g/mol. The summed E-state index contributed by atoms with van der Waals surface area (Å²) < 4.78 is 0. The summed E-state index contributed by atoms with van der Waals surface area (Å²) in [4.78, 5) is 8.31. The Balaban J connectivity index is 1.75. The van der Waals surface area contributed by atoms with Crippen LogP contribution in [0.1, 0.15) is 31.4 Å². The minimum Gasteiger partial charge on any atom is -0.367 e. The van der Waals surface area contributed by atoms with Crippen LogP contribution in [-0.4, -0.2) is 16.0 Å². The molecule has 86 valence electrons. The van der Waals surface area contributed by atoms with Crippen LogP contribution in [0, 0.1) is 18.8 Å². The number of anilines is 1. The second kappa shape index (κ2) is 3.88. The van der Waals surface area contributed by atoms with Crippen LogP contribution < -0.4 is 5.32 Å². The number of nitrogens with zero attached hydrogens (tertiary/aromatic N) is 2. The molecule has 0 unspecified atom stereocenters. The fourth-order valence-electron chi connectivity index (χ4n) is 2.31. The van der Waals surface area contributed by atoms with E-state index in [2.05, 4.69) is 15.3 Å². The van der Waals surface area contributed by atoms with Gasteiger partial charge in [-0.3, -0.25) is 0 Å². The molecule has 0 radical (unpaired) electrons. The van der Waals surface area contributed by atoms with Gasteiger partial charge >= 0.3 is 0 Å². The van der Waals surface area contributed by atoms with Crippen molar-refractivity contribution in [2.24, 2.45) is 11.8 Å². The number of aryl methyl sites for hydroxylation is 1. The van der Waals surface area contributed by atoms with E-state index in [1.54, 1.807) is 0 Å². The molecule has 1 N–H and O–H groups in total. The van der Waals surface area contributed by atoms with Gasteiger partial charge in [0.2, 0.25) is 5.28 Å². The fraction of sp³-hybridized carbons (Fsp3) is 0.667. The molecule has 3 rings (SSSR count). The highest BCUT2D eigenvalue weighted by molar-refractivity contribution is 6.28. The monoisotopic (exact) mass is 237 g/mol. The van der Waals surface area contributed by atoms with E-state index in [0.717, 1.165) is 23.3 Å². The highest BCUT2D eigenvalue weighted by Crippen LogP contribution is 2.45. The third-order valence-corrected chi connectivity index (χ3v) is 3.57. The van der Waals surface area contributed by atoms with E-state index in [4.69, 9.17) is 11.6 Å². The van der Waals surface area contributed by atoms with Gasteiger partial charge in [-0.15, -0.1) is 0 Å². The van der Waals surface area contributed by atoms with Crippen LogP contribution in [0.2, 0.25) is 5.28 Å². The van der Waals surface area contributed by atoms with Crippen molar-refractivity contribution in [1.82, 2.24) is 9.97 Å². The minimum absolute atomic E-state index is 0.341. The molecule has 2 fully saturated rings. The maximum Gasteiger partial charge on any atom is 0.224 e. The SMILES string of the molecule is Cc1cc(NC(C2CC2)C2CC2)nc(Cl)n1. The molecule has 0 bridgehead atoms. The van der Waals surface area contributed by atoms with E-state index < -0.39 is 0 Å². The van der Waals surface area contributed by atoms with E-state index in [9.17, 15) is 0 Å². The largest absolute Gasteiger partial charge is 0.367 e. The molecule has 4 heteroatoms. The van der Waals surface area contributed by atoms with Crippen molar-refractivity contribution in [3.05, 3.63) is 17.0 Å². The molecular formula is C12H16ClN3. The molecule has 3 nitrogen and oxygen atoms in total. The molecule has 0 aromatic carbocycles. The van der Waals surface area contributed by atoms with E-state index in [0.29, 0.717) is 11.3 Å². The molecule has 16 heavy (non-hydrogen) atoms. The maximum atomic E-state index is 5.86. The molecule has 1 aromatic heterocycles. The fourth-order valence-corrected chi connectivity index (χ4v) is 2.53. The van der Waals surface area contributed by atoms with E-state index in [1.807, 2.05) is 13.0 Å². The van der Waals surface area contributed by atoms with Gasteiger partial charge in [0.05, 0.1) is 0 Å². The van der Waals surface area contributed by atoms with Crippen molar-refractivity contribution < 1.29 is 0 Å². The summed E-state index contributed by atoms with van der Waals surface area (Å²) in [5.74, 6) is 2.62. The summed E-state index contributed by atoms with van der Waals surface area (Å²) in [6.45, 7) is 1.95. The smallest absolute Gasteiger partial charge is 0.224 e. The Bertz CT molecular complexity index is 367. The quantitative estimate of drug-likeness (QED) is 0.818. The standard InChI is InChI=1S/C12H16ClN3/c1-7-6-10(16-12(13)14-7)15-11(8-2-3-8)9-4-5-9/h6,8-9,11H,2-5H2,1H3,(H,14,15,16). The highest BCUT2D eigenvalue weighted by atomic mass is 35.5. The first kappa shape index (κ1) is 10.3. The zero-order valence-corrected chi connectivity index (χ0v) is 10.2. The van der Waals surface area contributed by atoms with Gasteiger partial charge < -0.3 is 5.32 Å². The molecule has 0 spiro atoms. The van der Waals surface area contributed by atoms with Crippen LogP contribution in [0.15, 0.2) is 6.07 Å². The number of rotatable bonds is 4. The number of hydrogen-bond acceptors (Lipinski definition) is 3. The molecule has 2 aliphatic rings. The Morgan fingerprint density at radius 1 is 1.25 bits per heavy atom. The minimum atomic E-state index is 0.341. The number of halogens is 1. The van der Waals surface area contributed by atoms with Crippen LogP contribution >= 0.6 is 11.6 Å². The molecular weight excluding hydrogens is 222 g/mol. The lowest BCUT2D eigenvalue weighted by molar-refractivity contribution is 0.565. The Labute approximate surface area is 101 Å². The normalized spacial score (nSPS) is 20.2. The van der Waals surface area contributed by atoms with E-state index >= 15 is 0 Å². The highest BCUT2D eigenvalue weighted by Gasteiger charge is 2.41. The maximum absolute atomic E-state index is 5.86. The predicted octanol–water partition coefficient (Wildman–Crippen LogP) is 3.04. The zero-order valence-electron chi connectivity index (χ0n) is 9.41. The molecule has 2 saturated carbocycles. The lowest BCUT2D eigenvalue weighted by Gasteiger charge is -2.18. The summed E-state index contributed by atoms with van der Waals surface area (Å²) in [5, 5.41) is 3.89. The van der Waals surface area contributed by atoms with E-state index in [1.165, 1.54) is 25.7 Å². The van der Waals surface area contributed by atoms with Crippen LogP contribution in [0.25, 0.3) is 0 Å². The summed E-state index contributed by atoms with van der Waals surface area (Å²) >= 11 is 5.86. The summed E-state index contributed by atoms with van der Waals surface area (Å²) in [5.41, 5.74) is 0.924. The lowest BCUT2D eigenvalue weighted by Crippen LogP contribution is -2.24. The third kappa shape index (κ3) is 2.29. The van der Waals surface area contributed by atoms with Gasteiger partial charge in [-0.1, -0.05) is 0 Å². The molecule has 0 aliphatic heterocycles. The van der Waals surface area contributed by atoms with Gasteiger partial charge in [0.25, 0.3) is 0 Å². The number of nitrogens with one attached hydrogen (secondary N) is 1. The van der Waals surface area contributed by atoms with Crippen LogP contribution in [0.5, 0.6) is 0 Å². The van der Waals surface area contributed by atoms with Crippen molar-refractivity contribution >= 4 is 17.4 Å². The molecule has 0 saturated heterocycles. The Morgan fingerprint density at radius 3 is 2.38 bits per heavy atom. The van der Waals surface area contributed by atoms with E-state index in [-0.39, 0.29) is 0 Å². The van der Waals surface area contributed by atoms with Crippen LogP contribution in [0.3, 0.4) is 0 Å². The topological polar surface area (TPSA) is 37.8 Å². The lowest BCUT2D eigenvalue weighted by atomic mass is 10.1. The summed E-state index contributed by atoms with van der Waals surface area (Å²) in [6.07, 6.45) is 5.47. The van der Waals surface area contributed by atoms with Crippen molar-refractivity contribution in [3.8, 4) is 0 Å². The zero-order chi connectivity index (χ0) is 11.1. The Kier molecular flexibility index (Phi) is 2.51. The third-order valence-electron chi connectivity index (χ3n) is 3.40. The summed E-state index contributed by atoms with van der Waals surface area (Å²) in [7, 11) is 0. The second-order valence-corrected chi connectivity index (χ2v) is 5.35. The summed E-state index contributed by atoms with van der Waals surface area (Å²) in [6, 6.07) is 2.59. The van der Waals surface area contributed by atoms with Gasteiger partial charge in [-0.25, -0.2) is 9.97 Å². The van der Waals surface area contributed by atoms with Crippen LogP contribution in [-0.2, 0) is 0 Å². The van der Waals surface area contributed by atoms with Gasteiger partial charge in [-0.2, -0.15) is 0 Å². The Morgan fingerprint density at radius 2 is 1.88 bits per heavy atom. The van der Waals surface area contributed by atoms with Crippen molar-refractivity contribution in [1.29, 1.82) is 0 Å². The molecule has 0 amide bonds. The van der Waals surface area contributed by atoms with Crippen molar-refractivity contribution in [2.75, 3.05) is 5.32 Å². The van der Waals surface area contributed by atoms with Crippen molar-refractivity contribution in [3.63, 3.8) is 0 Å². The molecule has 1 aromatic rings. The van der Waals surface area contributed by atoms with Gasteiger partial charge in [0, 0.05) is 17.8 Å². The van der Waals surface area contributed by atoms with Crippen molar-refractivity contribution in [2.45, 2.75) is 38.6 Å². The van der Waals surface area contributed by atoms with Gasteiger partial charge in [-0.05, 0) is 56.0 Å². The second-order valence-electron chi connectivity index (χ2n) is 5.01. The van der Waals surface area contributed by atoms with Crippen LogP contribution in [0.4, 0.5) is 5.82 Å². The Hall–Kier alpha value is -0.830. The molecule has 1 heterocycles. The first-order chi connectivity index (χ1) is 7.72. The first-order valence-electron chi connectivity index (χ1n) is 6.00. The first-order valence-corrected chi connectivity index (χ1v) is 6.38. The number of aromatic nitrogens is 2. The average Bonchev–Trinajstić information content (AvgIpc) is 3.07. The number of hydrogen-bond donors (Lipinski definition) is 1. The van der Waals surface area contributed by atoms with Gasteiger partial charge in [0.1, 0.15) is 5.82 Å². The predicted molar refractivity (Wildman–Crippen MR) is 64.6 cm³/mol. The molecule has 2 aliphatic carbocycles. The van der Waals surface area contributed by atoms with Gasteiger partial charge in [0.15, 0.2) is 0 Å².